The van der Waals surface area contributed by atoms with E-state index in [9.17, 15) is 5.11 Å². The molecule has 0 radical (unpaired) electrons. The predicted octanol–water partition coefficient (Wildman–Crippen LogP) is 2.85. The number of rotatable bonds is 1. The second kappa shape index (κ2) is 3.64. The Labute approximate surface area is 87.2 Å². The Hall–Kier alpha value is 0.01000. The SMILES string of the molecule is CC1SCCCC1(O)c1ccsc1. The number of thiophene rings is 1. The topological polar surface area (TPSA) is 20.2 Å². The molecule has 2 rings (SSSR count). The van der Waals surface area contributed by atoms with Crippen molar-refractivity contribution in [3.05, 3.63) is 22.4 Å². The first-order valence-electron chi connectivity index (χ1n) is 4.60. The molecule has 3 heteroatoms. The average Bonchev–Trinajstić information content (AvgIpc) is 2.63. The number of aliphatic hydroxyl groups is 1. The van der Waals surface area contributed by atoms with Gasteiger partial charge in [0.25, 0.3) is 0 Å². The molecule has 1 nitrogen and oxygen atoms in total. The molecular weight excluding hydrogens is 200 g/mol. The maximum Gasteiger partial charge on any atom is 0.102 e. The second-order valence-corrected chi connectivity index (χ2v) is 5.78. The molecule has 13 heavy (non-hydrogen) atoms. The summed E-state index contributed by atoms with van der Waals surface area (Å²) in [5.74, 6) is 1.19. The molecule has 2 unspecified atom stereocenters. The van der Waals surface area contributed by atoms with E-state index in [4.69, 9.17) is 0 Å². The van der Waals surface area contributed by atoms with Gasteiger partial charge in [-0.15, -0.1) is 0 Å². The molecule has 1 aromatic heterocycles. The maximum absolute atomic E-state index is 10.5. The molecule has 72 valence electrons. The smallest absolute Gasteiger partial charge is 0.102 e. The Kier molecular flexibility index (Phi) is 2.67. The minimum atomic E-state index is -0.567. The van der Waals surface area contributed by atoms with E-state index < -0.39 is 5.60 Å². The van der Waals surface area contributed by atoms with Crippen molar-refractivity contribution >= 4 is 23.1 Å². The molecule has 1 fully saturated rings. The lowest BCUT2D eigenvalue weighted by molar-refractivity contribution is 0.0258. The van der Waals surface area contributed by atoms with Crippen LogP contribution in [0.25, 0.3) is 0 Å². The van der Waals surface area contributed by atoms with E-state index in [0.29, 0.717) is 5.25 Å². The summed E-state index contributed by atoms with van der Waals surface area (Å²) in [4.78, 5) is 0. The van der Waals surface area contributed by atoms with Crippen LogP contribution in [0.3, 0.4) is 0 Å². The third-order valence-electron chi connectivity index (χ3n) is 2.76. The highest BCUT2D eigenvalue weighted by atomic mass is 32.2. The van der Waals surface area contributed by atoms with Gasteiger partial charge in [0, 0.05) is 5.25 Å². The Morgan fingerprint density at radius 1 is 1.62 bits per heavy atom. The fraction of sp³-hybridized carbons (Fsp3) is 0.600. The van der Waals surface area contributed by atoms with Crippen LogP contribution in [0.15, 0.2) is 16.8 Å². The maximum atomic E-state index is 10.5. The van der Waals surface area contributed by atoms with Crippen LogP contribution in [-0.4, -0.2) is 16.1 Å². The zero-order valence-corrected chi connectivity index (χ0v) is 9.33. The largest absolute Gasteiger partial charge is 0.384 e. The van der Waals surface area contributed by atoms with Crippen LogP contribution in [0.5, 0.6) is 0 Å². The molecule has 0 bridgehead atoms. The minimum absolute atomic E-state index is 0.329. The standard InChI is InChI=1S/C10H14OS2/c1-8-10(11,4-2-5-13-8)9-3-6-12-7-9/h3,6-8,11H,2,4-5H2,1H3. The molecule has 0 amide bonds. The lowest BCUT2D eigenvalue weighted by Crippen LogP contribution is -2.38. The van der Waals surface area contributed by atoms with Gasteiger partial charge in [0.1, 0.15) is 5.60 Å². The van der Waals surface area contributed by atoms with Crippen molar-refractivity contribution in [2.24, 2.45) is 0 Å². The quantitative estimate of drug-likeness (QED) is 0.775. The number of hydrogen-bond donors (Lipinski definition) is 1. The highest BCUT2D eigenvalue weighted by Gasteiger charge is 2.38. The van der Waals surface area contributed by atoms with Crippen molar-refractivity contribution in [3.8, 4) is 0 Å². The van der Waals surface area contributed by atoms with Crippen molar-refractivity contribution < 1.29 is 5.11 Å². The average molecular weight is 214 g/mol. The van der Waals surface area contributed by atoms with Gasteiger partial charge >= 0.3 is 0 Å². The van der Waals surface area contributed by atoms with Crippen molar-refractivity contribution in [2.45, 2.75) is 30.6 Å². The van der Waals surface area contributed by atoms with Crippen LogP contribution >= 0.6 is 23.1 Å². The monoisotopic (exact) mass is 214 g/mol. The summed E-state index contributed by atoms with van der Waals surface area (Å²) in [5, 5.41) is 14.9. The molecule has 0 spiro atoms. The van der Waals surface area contributed by atoms with Crippen LogP contribution in [0.2, 0.25) is 0 Å². The molecule has 1 saturated heterocycles. The molecule has 1 aliphatic heterocycles. The van der Waals surface area contributed by atoms with Gasteiger partial charge in [0.2, 0.25) is 0 Å². The summed E-state index contributed by atoms with van der Waals surface area (Å²) in [6, 6.07) is 2.05. The first-order valence-corrected chi connectivity index (χ1v) is 6.59. The molecule has 1 aliphatic rings. The van der Waals surface area contributed by atoms with E-state index in [0.717, 1.165) is 18.4 Å². The minimum Gasteiger partial charge on any atom is -0.384 e. The summed E-state index contributed by atoms with van der Waals surface area (Å²) in [6.45, 7) is 2.13. The Morgan fingerprint density at radius 3 is 3.08 bits per heavy atom. The van der Waals surface area contributed by atoms with Crippen molar-refractivity contribution in [1.82, 2.24) is 0 Å². The summed E-state index contributed by atoms with van der Waals surface area (Å²) >= 11 is 3.54. The zero-order valence-electron chi connectivity index (χ0n) is 7.69. The van der Waals surface area contributed by atoms with Crippen molar-refractivity contribution in [3.63, 3.8) is 0 Å². The first kappa shape index (κ1) is 9.56. The highest BCUT2D eigenvalue weighted by Crippen LogP contribution is 2.41. The fourth-order valence-corrected chi connectivity index (χ4v) is 3.76. The Bertz CT molecular complexity index is 270. The lowest BCUT2D eigenvalue weighted by atomic mass is 9.88. The van der Waals surface area contributed by atoms with E-state index in [-0.39, 0.29) is 0 Å². The van der Waals surface area contributed by atoms with Gasteiger partial charge in [-0.25, -0.2) is 0 Å². The summed E-state index contributed by atoms with van der Waals surface area (Å²) < 4.78 is 0. The molecule has 2 atom stereocenters. The van der Waals surface area contributed by atoms with E-state index in [2.05, 4.69) is 12.3 Å². The van der Waals surface area contributed by atoms with Crippen LogP contribution < -0.4 is 0 Å². The lowest BCUT2D eigenvalue weighted by Gasteiger charge is -2.37. The van der Waals surface area contributed by atoms with E-state index >= 15 is 0 Å². The third kappa shape index (κ3) is 1.65. The normalized spacial score (nSPS) is 34.8. The molecule has 1 N–H and O–H groups in total. The summed E-state index contributed by atoms with van der Waals surface area (Å²) in [6.07, 6.45) is 2.04. The van der Waals surface area contributed by atoms with Gasteiger partial charge in [-0.1, -0.05) is 6.92 Å². The van der Waals surface area contributed by atoms with Gasteiger partial charge in [-0.2, -0.15) is 23.1 Å². The van der Waals surface area contributed by atoms with Gasteiger partial charge < -0.3 is 5.11 Å². The summed E-state index contributed by atoms with van der Waals surface area (Å²) in [5.41, 5.74) is 0.542. The van der Waals surface area contributed by atoms with Gasteiger partial charge in [0.15, 0.2) is 0 Å². The van der Waals surface area contributed by atoms with Gasteiger partial charge in [-0.3, -0.25) is 0 Å². The molecular formula is C10H14OS2. The van der Waals surface area contributed by atoms with E-state index in [1.54, 1.807) is 11.3 Å². The van der Waals surface area contributed by atoms with Crippen molar-refractivity contribution in [2.75, 3.05) is 5.75 Å². The zero-order chi connectivity index (χ0) is 9.31. The van der Waals surface area contributed by atoms with Crippen molar-refractivity contribution in [1.29, 1.82) is 0 Å². The molecule has 2 heterocycles. The third-order valence-corrected chi connectivity index (χ3v) is 4.86. The van der Waals surface area contributed by atoms with Gasteiger partial charge in [-0.05, 0) is 41.0 Å². The van der Waals surface area contributed by atoms with Crippen LogP contribution in [0, 0.1) is 0 Å². The number of thioether (sulfide) groups is 1. The van der Waals surface area contributed by atoms with E-state index in [1.807, 2.05) is 23.2 Å². The molecule has 0 aliphatic carbocycles. The predicted molar refractivity (Wildman–Crippen MR) is 59.4 cm³/mol. The molecule has 0 saturated carbocycles. The first-order chi connectivity index (χ1) is 6.23. The Balaban J connectivity index is 2.27. The fourth-order valence-electron chi connectivity index (χ4n) is 1.83. The molecule has 0 aromatic carbocycles. The van der Waals surface area contributed by atoms with Crippen LogP contribution in [-0.2, 0) is 5.60 Å². The Morgan fingerprint density at radius 2 is 2.46 bits per heavy atom. The van der Waals surface area contributed by atoms with Gasteiger partial charge in [0.05, 0.1) is 0 Å². The molecule has 1 aromatic rings. The second-order valence-electron chi connectivity index (χ2n) is 3.55. The highest BCUT2D eigenvalue weighted by molar-refractivity contribution is 8.00. The number of hydrogen-bond acceptors (Lipinski definition) is 3. The van der Waals surface area contributed by atoms with E-state index in [1.165, 1.54) is 5.75 Å². The van der Waals surface area contributed by atoms with Crippen LogP contribution in [0.1, 0.15) is 25.3 Å². The van der Waals surface area contributed by atoms with Crippen LogP contribution in [0.4, 0.5) is 0 Å². The summed E-state index contributed by atoms with van der Waals surface area (Å²) in [7, 11) is 0.